The van der Waals surface area contributed by atoms with Crippen LogP contribution in [0.4, 0.5) is 0 Å². The van der Waals surface area contributed by atoms with E-state index >= 15 is 0 Å². The molecule has 0 N–H and O–H groups in total. The van der Waals surface area contributed by atoms with Gasteiger partial charge < -0.3 is 0 Å². The Kier molecular flexibility index (Phi) is 23.0. The Bertz CT molecular complexity index is 8410. The number of rotatable bonds is 15. The highest BCUT2D eigenvalue weighted by atomic mass is 14.7. The Morgan fingerprint density at radius 2 is 0.312 bits per heavy atom. The SMILES string of the molecule is c1cc(-c2ccc3c4ccccc4c4ccccc4c3c2)cc(-c2ccccc2-c2cc(-c3ccncc3)cc(-c3ccncc3)c2)c1.c1ccc(-c2cc(-c3cccnc3)cc(-c3ccccc3-c3cccc(-c4ccc5c6ccccc6c6ccccc6c5c4)c3)c2)nc1.c1cncc(-c2cc(-c3cccnc3)cc(-c3ccccc3-c3cccc(-c4ccc5c6ccccc6c6ccccc6c5c4)c3)c2)c1. The highest BCUT2D eigenvalue weighted by Crippen LogP contribution is 2.48. The van der Waals surface area contributed by atoms with E-state index in [9.17, 15) is 0 Å². The van der Waals surface area contributed by atoms with Gasteiger partial charge in [-0.3, -0.25) is 29.9 Å². The van der Waals surface area contributed by atoms with Crippen molar-refractivity contribution in [2.24, 2.45) is 0 Å². The topological polar surface area (TPSA) is 77.3 Å². The van der Waals surface area contributed by atoms with Crippen LogP contribution in [0.2, 0.25) is 0 Å². The molecule has 0 aliphatic rings. The van der Waals surface area contributed by atoms with Gasteiger partial charge in [-0.25, -0.2) is 0 Å². The average molecular weight is 1830 g/mol. The molecule has 6 nitrogen and oxygen atoms in total. The molecule has 0 saturated carbocycles. The maximum atomic E-state index is 4.69. The number of hydrogen-bond donors (Lipinski definition) is 0. The molecule has 0 bridgehead atoms. The lowest BCUT2D eigenvalue weighted by Gasteiger charge is -2.15. The Balaban J connectivity index is 0.000000113. The fourth-order valence-electron chi connectivity index (χ4n) is 21.4. The van der Waals surface area contributed by atoms with E-state index < -0.39 is 0 Å². The van der Waals surface area contributed by atoms with Crippen LogP contribution in [0.25, 0.3) is 264 Å². The third kappa shape index (κ3) is 16.9. The van der Waals surface area contributed by atoms with E-state index in [1.54, 1.807) is 0 Å². The van der Waals surface area contributed by atoms with Gasteiger partial charge in [0.1, 0.15) is 0 Å². The molecule has 6 aromatic heterocycles. The van der Waals surface area contributed by atoms with Gasteiger partial charge in [0.2, 0.25) is 0 Å². The van der Waals surface area contributed by atoms with Crippen molar-refractivity contribution < 1.29 is 0 Å². The summed E-state index contributed by atoms with van der Waals surface area (Å²) in [6.45, 7) is 0. The number of nitrogens with zero attached hydrogens (tertiary/aromatic N) is 6. The van der Waals surface area contributed by atoms with E-state index in [1.807, 2.05) is 98.5 Å². The first-order chi connectivity index (χ1) is 71.4. The normalized spacial score (nSPS) is 11.3. The molecule has 0 aliphatic carbocycles. The van der Waals surface area contributed by atoms with Crippen LogP contribution in [0.5, 0.6) is 0 Å². The first kappa shape index (κ1) is 86.4. The van der Waals surface area contributed by atoms with Crippen LogP contribution in [-0.2, 0) is 0 Å². The van der Waals surface area contributed by atoms with Gasteiger partial charge in [0, 0.05) is 90.4 Å². The second-order valence-electron chi connectivity index (χ2n) is 36.7. The van der Waals surface area contributed by atoms with Crippen LogP contribution >= 0.6 is 0 Å². The average Bonchev–Trinajstić information content (AvgIpc) is 0.746. The monoisotopic (exact) mass is 1830 g/mol. The van der Waals surface area contributed by atoms with Crippen molar-refractivity contribution in [1.82, 2.24) is 29.9 Å². The number of aromatic nitrogens is 6. The summed E-state index contributed by atoms with van der Waals surface area (Å²) in [6.07, 6.45) is 20.5. The number of hydrogen-bond acceptors (Lipinski definition) is 6. The Hall–Kier alpha value is -19.1. The largest absolute Gasteiger partial charge is 0.265 e. The lowest BCUT2D eigenvalue weighted by atomic mass is 9.88. The molecule has 0 fully saturated rings. The number of pyridine rings is 6. The summed E-state index contributed by atoms with van der Waals surface area (Å²) in [7, 11) is 0. The predicted octanol–water partition coefficient (Wildman–Crippen LogP) is 36.8. The smallest absolute Gasteiger partial charge is 0.0702 e. The molecule has 0 amide bonds. The predicted molar refractivity (Wildman–Crippen MR) is 605 cm³/mol. The van der Waals surface area contributed by atoms with Crippen LogP contribution < -0.4 is 0 Å². The van der Waals surface area contributed by atoms with Gasteiger partial charge in [0.05, 0.1) is 5.69 Å². The third-order valence-electron chi connectivity index (χ3n) is 28.2. The highest BCUT2D eigenvalue weighted by molar-refractivity contribution is 6.28. The molecule has 144 heavy (non-hydrogen) atoms. The lowest BCUT2D eigenvalue weighted by Crippen LogP contribution is -1.90. The van der Waals surface area contributed by atoms with E-state index in [1.165, 1.54) is 186 Å². The van der Waals surface area contributed by atoms with Gasteiger partial charge in [0.25, 0.3) is 0 Å². The lowest BCUT2D eigenvalue weighted by molar-refractivity contribution is 1.32. The number of fused-ring (bicyclic) bond motifs is 18. The summed E-state index contributed by atoms with van der Waals surface area (Å²) < 4.78 is 0. The summed E-state index contributed by atoms with van der Waals surface area (Å²) in [4.78, 5) is 26.4. The number of benzene rings is 21. The fourth-order valence-corrected chi connectivity index (χ4v) is 21.4. The van der Waals surface area contributed by atoms with Crippen molar-refractivity contribution in [2.45, 2.75) is 0 Å². The van der Waals surface area contributed by atoms with Crippen LogP contribution in [0.3, 0.4) is 0 Å². The summed E-state index contributed by atoms with van der Waals surface area (Å²) in [5.74, 6) is 0. The molecule has 0 atom stereocenters. The van der Waals surface area contributed by atoms with E-state index in [0.717, 1.165) is 78.0 Å². The van der Waals surface area contributed by atoms with Gasteiger partial charge in [-0.1, -0.05) is 334 Å². The summed E-state index contributed by atoms with van der Waals surface area (Å²) >= 11 is 0. The first-order valence-corrected chi connectivity index (χ1v) is 48.9. The second kappa shape index (κ2) is 38.3. The minimum absolute atomic E-state index is 0.945. The summed E-state index contributed by atoms with van der Waals surface area (Å²) in [5.41, 5.74) is 34.6. The van der Waals surface area contributed by atoms with E-state index in [0.29, 0.717) is 0 Å². The zero-order chi connectivity index (χ0) is 95.6. The zero-order valence-electron chi connectivity index (χ0n) is 78.6. The fraction of sp³-hybridized carbons (Fsp3) is 0. The molecule has 0 unspecified atom stereocenters. The van der Waals surface area contributed by atoms with Crippen molar-refractivity contribution in [3.05, 3.63) is 547 Å². The highest BCUT2D eigenvalue weighted by Gasteiger charge is 2.22. The van der Waals surface area contributed by atoms with Crippen LogP contribution in [0.15, 0.2) is 547 Å². The Morgan fingerprint density at radius 1 is 0.0972 bits per heavy atom. The summed E-state index contributed by atoms with van der Waals surface area (Å²) in [6, 6.07) is 173. The molecule has 27 rings (SSSR count). The molecule has 27 aromatic rings. The summed E-state index contributed by atoms with van der Waals surface area (Å²) in [5, 5.41) is 23.2. The van der Waals surface area contributed by atoms with Crippen LogP contribution in [-0.4, -0.2) is 29.9 Å². The Morgan fingerprint density at radius 3 is 0.590 bits per heavy atom. The van der Waals surface area contributed by atoms with E-state index in [2.05, 4.69) is 479 Å². The first-order valence-electron chi connectivity index (χ1n) is 48.9. The van der Waals surface area contributed by atoms with Crippen molar-refractivity contribution in [2.75, 3.05) is 0 Å². The molecule has 21 aromatic carbocycles. The quantitative estimate of drug-likeness (QED) is 0.0952. The van der Waals surface area contributed by atoms with Gasteiger partial charge >= 0.3 is 0 Å². The van der Waals surface area contributed by atoms with Crippen molar-refractivity contribution in [3.63, 3.8) is 0 Å². The molecule has 672 valence electrons. The van der Waals surface area contributed by atoms with Crippen LogP contribution in [0.1, 0.15) is 0 Å². The minimum Gasteiger partial charge on any atom is -0.265 e. The molecule has 0 saturated heterocycles. The van der Waals surface area contributed by atoms with E-state index in [-0.39, 0.29) is 0 Å². The molecular weight excluding hydrogens is 1740 g/mol. The van der Waals surface area contributed by atoms with Gasteiger partial charge in [-0.2, -0.15) is 0 Å². The van der Waals surface area contributed by atoms with Crippen molar-refractivity contribution in [1.29, 1.82) is 0 Å². The van der Waals surface area contributed by atoms with Gasteiger partial charge in [-0.15, -0.1) is 0 Å². The van der Waals surface area contributed by atoms with Gasteiger partial charge in [-0.05, 0) is 382 Å². The Labute approximate surface area is 835 Å². The molecule has 0 spiro atoms. The molecular formula is C138H90N6. The van der Waals surface area contributed by atoms with Crippen molar-refractivity contribution >= 4 is 97.0 Å². The second-order valence-corrected chi connectivity index (χ2v) is 36.7. The maximum absolute atomic E-state index is 4.69. The third-order valence-corrected chi connectivity index (χ3v) is 28.2. The zero-order valence-corrected chi connectivity index (χ0v) is 78.6. The molecule has 0 radical (unpaired) electrons. The van der Waals surface area contributed by atoms with Crippen molar-refractivity contribution in [3.8, 4) is 167 Å². The standard InChI is InChI=1S/3C46H30N2/c1-2-15-40(38-26-36(34-12-8-22-47-29-34)25-37(27-38)35-13-9-23-48-30-35)39(14-1)33-11-7-10-31(24-33)32-20-21-45-43-18-4-3-16-41(43)42-17-5-6-19-44(42)46(45)28-32;1-2-15-39(36-26-35(34-13-10-23-47-30-34)27-37(28-36)46-20-7-8-24-48-46)38(14-1)33-12-9-11-31(25-33)32-21-22-44-42-18-4-3-16-40(42)41-17-5-6-19-43(41)45(44)29-32;1-2-11-40(38-28-36(31-18-22-47-23-19-31)27-37(29-38)32-20-24-48-25-21-32)39(10-1)35-9-7-8-33(26-35)34-16-17-45-43-14-4-3-12-41(43)42-13-5-6-15-44(42)46(45)30-34/h3*1-30H. The van der Waals surface area contributed by atoms with Crippen LogP contribution in [0, 0.1) is 0 Å². The molecule has 0 aliphatic heterocycles. The maximum Gasteiger partial charge on any atom is 0.0702 e. The van der Waals surface area contributed by atoms with E-state index in [4.69, 9.17) is 0 Å². The van der Waals surface area contributed by atoms with Gasteiger partial charge in [0.15, 0.2) is 0 Å². The minimum atomic E-state index is 0.945. The molecule has 6 heterocycles. The molecule has 6 heteroatoms.